The van der Waals surface area contributed by atoms with E-state index in [1.807, 2.05) is 18.2 Å². The molecule has 24 heavy (non-hydrogen) atoms. The van der Waals surface area contributed by atoms with Gasteiger partial charge in [0.25, 0.3) is 0 Å². The summed E-state index contributed by atoms with van der Waals surface area (Å²) >= 11 is 0. The summed E-state index contributed by atoms with van der Waals surface area (Å²) in [5.41, 5.74) is 2.52. The van der Waals surface area contributed by atoms with E-state index in [0.29, 0.717) is 0 Å². The summed E-state index contributed by atoms with van der Waals surface area (Å²) in [6.45, 7) is 4.51. The number of hydrogen-bond acceptors (Lipinski definition) is 4. The van der Waals surface area contributed by atoms with Crippen molar-refractivity contribution in [1.82, 2.24) is 9.97 Å². The first-order valence-electron chi connectivity index (χ1n) is 8.24. The minimum absolute atomic E-state index is 0.804. The Morgan fingerprint density at radius 3 is 1.96 bits per heavy atom. The zero-order valence-corrected chi connectivity index (χ0v) is 13.9. The molecule has 4 nitrogen and oxygen atoms in total. The lowest BCUT2D eigenvalue weighted by atomic mass is 10.1. The van der Waals surface area contributed by atoms with Crippen molar-refractivity contribution in [2.24, 2.45) is 0 Å². The van der Waals surface area contributed by atoms with Crippen LogP contribution in [-0.4, -0.2) is 16.5 Å². The maximum atomic E-state index is 4.49. The van der Waals surface area contributed by atoms with Crippen LogP contribution < -0.4 is 10.2 Å². The van der Waals surface area contributed by atoms with Crippen molar-refractivity contribution in [2.45, 2.75) is 20.0 Å². The van der Waals surface area contributed by atoms with Crippen molar-refractivity contribution >= 4 is 11.6 Å². The van der Waals surface area contributed by atoms with Gasteiger partial charge in [-0.3, -0.25) is 0 Å². The Kier molecular flexibility index (Phi) is 5.40. The van der Waals surface area contributed by atoms with Crippen molar-refractivity contribution in [1.29, 1.82) is 0 Å². The predicted molar refractivity (Wildman–Crippen MR) is 99.0 cm³/mol. The molecular weight excluding hydrogens is 296 g/mol. The first kappa shape index (κ1) is 16.0. The Labute approximate surface area is 143 Å². The van der Waals surface area contributed by atoms with Gasteiger partial charge < -0.3 is 10.2 Å². The van der Waals surface area contributed by atoms with E-state index in [4.69, 9.17) is 0 Å². The molecule has 0 aliphatic rings. The lowest BCUT2D eigenvalue weighted by molar-refractivity contribution is 0.780. The zero-order chi connectivity index (χ0) is 16.6. The summed E-state index contributed by atoms with van der Waals surface area (Å²) in [6.07, 6.45) is 1.62. The van der Waals surface area contributed by atoms with Crippen molar-refractivity contribution < 1.29 is 0 Å². The van der Waals surface area contributed by atoms with Crippen LogP contribution >= 0.6 is 0 Å². The van der Waals surface area contributed by atoms with Crippen LogP contribution in [-0.2, 0) is 13.1 Å². The predicted octanol–water partition coefficient (Wildman–Crippen LogP) is 4.12. The second kappa shape index (κ2) is 8.11. The van der Waals surface area contributed by atoms with Gasteiger partial charge in [0.2, 0.25) is 0 Å². The molecule has 1 aromatic heterocycles. The summed E-state index contributed by atoms with van der Waals surface area (Å²) in [5.74, 6) is 1.78. The van der Waals surface area contributed by atoms with Gasteiger partial charge >= 0.3 is 0 Å². The molecule has 0 fully saturated rings. The topological polar surface area (TPSA) is 41.0 Å². The van der Waals surface area contributed by atoms with Gasteiger partial charge in [0, 0.05) is 25.7 Å². The van der Waals surface area contributed by atoms with E-state index in [0.717, 1.165) is 31.3 Å². The van der Waals surface area contributed by atoms with E-state index in [9.17, 15) is 0 Å². The average molecular weight is 318 g/mol. The number of anilines is 2. The van der Waals surface area contributed by atoms with Gasteiger partial charge in [-0.15, -0.1) is 0 Å². The molecule has 2 aromatic carbocycles. The molecule has 0 saturated carbocycles. The van der Waals surface area contributed by atoms with Gasteiger partial charge in [0.1, 0.15) is 18.0 Å². The highest BCUT2D eigenvalue weighted by Gasteiger charge is 2.11. The minimum Gasteiger partial charge on any atom is -0.370 e. The van der Waals surface area contributed by atoms with Crippen LogP contribution in [0.1, 0.15) is 18.1 Å². The van der Waals surface area contributed by atoms with Gasteiger partial charge in [-0.05, 0) is 18.1 Å². The molecule has 122 valence electrons. The van der Waals surface area contributed by atoms with Gasteiger partial charge in [-0.2, -0.15) is 0 Å². The fourth-order valence-corrected chi connectivity index (χ4v) is 2.62. The van der Waals surface area contributed by atoms with Crippen molar-refractivity contribution in [3.63, 3.8) is 0 Å². The number of nitrogens with zero attached hydrogens (tertiary/aromatic N) is 3. The molecule has 0 radical (unpaired) electrons. The molecule has 3 aromatic rings. The Hall–Kier alpha value is -2.88. The smallest absolute Gasteiger partial charge is 0.134 e. The highest BCUT2D eigenvalue weighted by Crippen LogP contribution is 2.20. The van der Waals surface area contributed by atoms with Gasteiger partial charge in [0.05, 0.1) is 0 Å². The first-order chi connectivity index (χ1) is 11.8. The van der Waals surface area contributed by atoms with E-state index < -0.39 is 0 Å². The van der Waals surface area contributed by atoms with E-state index in [1.54, 1.807) is 6.33 Å². The number of nitrogens with one attached hydrogen (secondary N) is 1. The number of rotatable bonds is 7. The maximum Gasteiger partial charge on any atom is 0.134 e. The lowest BCUT2D eigenvalue weighted by Gasteiger charge is -2.24. The molecular formula is C20H22N4. The van der Waals surface area contributed by atoms with Crippen molar-refractivity contribution in [2.75, 3.05) is 16.8 Å². The fourth-order valence-electron chi connectivity index (χ4n) is 2.62. The number of benzene rings is 2. The first-order valence-corrected chi connectivity index (χ1v) is 8.24. The number of aromatic nitrogens is 2. The molecule has 0 spiro atoms. The largest absolute Gasteiger partial charge is 0.370 e. The van der Waals surface area contributed by atoms with Gasteiger partial charge in [0.15, 0.2) is 0 Å². The third kappa shape index (κ3) is 4.32. The van der Waals surface area contributed by atoms with Gasteiger partial charge in [-0.25, -0.2) is 9.97 Å². The summed E-state index contributed by atoms with van der Waals surface area (Å²) in [5, 5.41) is 3.25. The molecule has 1 heterocycles. The SMILES string of the molecule is CCNc1cc(N(Cc2ccccc2)Cc2ccccc2)ncn1. The van der Waals surface area contributed by atoms with E-state index in [1.165, 1.54) is 11.1 Å². The Balaban J connectivity index is 1.87. The minimum atomic E-state index is 0.804. The molecule has 3 rings (SSSR count). The van der Waals surface area contributed by atoms with E-state index >= 15 is 0 Å². The summed E-state index contributed by atoms with van der Waals surface area (Å²) in [7, 11) is 0. The van der Waals surface area contributed by atoms with E-state index in [-0.39, 0.29) is 0 Å². The molecule has 0 bridgehead atoms. The highest BCUT2D eigenvalue weighted by molar-refractivity contribution is 5.49. The van der Waals surface area contributed by atoms with Crippen LogP contribution in [0.2, 0.25) is 0 Å². The molecule has 0 amide bonds. The molecule has 0 unspecified atom stereocenters. The van der Waals surface area contributed by atoms with Crippen molar-refractivity contribution in [3.05, 3.63) is 84.2 Å². The molecule has 0 atom stereocenters. The third-order valence-electron chi connectivity index (χ3n) is 3.77. The Morgan fingerprint density at radius 2 is 1.42 bits per heavy atom. The fraction of sp³-hybridized carbons (Fsp3) is 0.200. The second-order valence-corrected chi connectivity index (χ2v) is 5.62. The van der Waals surface area contributed by atoms with Crippen molar-refractivity contribution in [3.8, 4) is 0 Å². The second-order valence-electron chi connectivity index (χ2n) is 5.62. The Morgan fingerprint density at radius 1 is 0.833 bits per heavy atom. The van der Waals surface area contributed by atoms with Crippen LogP contribution in [0.15, 0.2) is 73.1 Å². The molecule has 0 aliphatic heterocycles. The lowest BCUT2D eigenvalue weighted by Crippen LogP contribution is -2.23. The zero-order valence-electron chi connectivity index (χ0n) is 13.9. The molecule has 1 N–H and O–H groups in total. The van der Waals surface area contributed by atoms with Gasteiger partial charge in [-0.1, -0.05) is 60.7 Å². The monoisotopic (exact) mass is 318 g/mol. The Bertz CT molecular complexity index is 702. The standard InChI is InChI=1S/C20H22N4/c1-2-21-19-13-20(23-16-22-19)24(14-17-9-5-3-6-10-17)15-18-11-7-4-8-12-18/h3-13,16H,2,14-15H2,1H3,(H,21,22,23). The van der Waals surface area contributed by atoms with Crippen LogP contribution in [0.4, 0.5) is 11.6 Å². The van der Waals surface area contributed by atoms with E-state index in [2.05, 4.69) is 75.6 Å². The highest BCUT2D eigenvalue weighted by atomic mass is 15.2. The average Bonchev–Trinajstić information content (AvgIpc) is 2.63. The molecule has 0 saturated heterocycles. The molecule has 0 aliphatic carbocycles. The number of hydrogen-bond donors (Lipinski definition) is 1. The quantitative estimate of drug-likeness (QED) is 0.711. The molecule has 4 heteroatoms. The summed E-state index contributed by atoms with van der Waals surface area (Å²) in [6, 6.07) is 22.9. The van der Waals surface area contributed by atoms with Crippen LogP contribution in [0.3, 0.4) is 0 Å². The van der Waals surface area contributed by atoms with Crippen LogP contribution in [0, 0.1) is 0 Å². The summed E-state index contributed by atoms with van der Waals surface area (Å²) < 4.78 is 0. The van der Waals surface area contributed by atoms with Crippen LogP contribution in [0.5, 0.6) is 0 Å². The van der Waals surface area contributed by atoms with Crippen LogP contribution in [0.25, 0.3) is 0 Å². The maximum absolute atomic E-state index is 4.49. The normalized spacial score (nSPS) is 10.4. The third-order valence-corrected chi connectivity index (χ3v) is 3.77. The summed E-state index contributed by atoms with van der Waals surface area (Å²) in [4.78, 5) is 11.0.